The lowest BCUT2D eigenvalue weighted by atomic mass is 9.83. The zero-order chi connectivity index (χ0) is 21.8. The fourth-order valence-corrected chi connectivity index (χ4v) is 5.60. The number of likely N-dealkylation sites (tertiary alicyclic amines) is 1. The van der Waals surface area contributed by atoms with E-state index in [9.17, 15) is 4.79 Å². The number of hydrogen-bond acceptors (Lipinski definition) is 3. The monoisotopic (exact) mass is 430 g/mol. The van der Waals surface area contributed by atoms with Crippen LogP contribution in [-0.4, -0.2) is 36.5 Å². The van der Waals surface area contributed by atoms with Crippen LogP contribution < -0.4 is 5.32 Å². The summed E-state index contributed by atoms with van der Waals surface area (Å²) in [6.45, 7) is 3.59. The van der Waals surface area contributed by atoms with Crippen molar-refractivity contribution in [3.8, 4) is 0 Å². The molecule has 2 fully saturated rings. The van der Waals surface area contributed by atoms with Crippen molar-refractivity contribution < 1.29 is 9.21 Å². The summed E-state index contributed by atoms with van der Waals surface area (Å²) in [6, 6.07) is 18.3. The van der Waals surface area contributed by atoms with Gasteiger partial charge in [0.2, 0.25) is 0 Å². The third-order valence-corrected chi connectivity index (χ3v) is 7.61. The molecule has 5 rings (SSSR count). The number of hydrogen-bond donors (Lipinski definition) is 1. The van der Waals surface area contributed by atoms with Crippen LogP contribution in [0, 0.1) is 5.92 Å². The van der Waals surface area contributed by atoms with E-state index in [1.807, 2.05) is 42.7 Å². The lowest BCUT2D eigenvalue weighted by Gasteiger charge is -2.34. The van der Waals surface area contributed by atoms with Crippen LogP contribution in [0.1, 0.15) is 66.8 Å². The van der Waals surface area contributed by atoms with Crippen LogP contribution in [0.5, 0.6) is 0 Å². The maximum absolute atomic E-state index is 12.4. The van der Waals surface area contributed by atoms with E-state index >= 15 is 0 Å². The Kier molecular flexibility index (Phi) is 6.59. The summed E-state index contributed by atoms with van der Waals surface area (Å²) < 4.78 is 5.77. The average Bonchev–Trinajstić information content (AvgIpc) is 3.29. The van der Waals surface area contributed by atoms with Gasteiger partial charge < -0.3 is 14.6 Å². The van der Waals surface area contributed by atoms with Gasteiger partial charge in [0.05, 0.1) is 6.26 Å². The number of fused-ring (bicyclic) bond motifs is 1. The van der Waals surface area contributed by atoms with Crippen molar-refractivity contribution in [1.29, 1.82) is 0 Å². The fourth-order valence-electron chi connectivity index (χ4n) is 5.60. The van der Waals surface area contributed by atoms with E-state index in [4.69, 9.17) is 4.42 Å². The number of carbonyl (C=O) groups is 1. The second-order valence-corrected chi connectivity index (χ2v) is 9.65. The first-order chi connectivity index (χ1) is 15.8. The van der Waals surface area contributed by atoms with Crippen LogP contribution >= 0.6 is 0 Å². The molecule has 1 aliphatic carbocycles. The summed E-state index contributed by atoms with van der Waals surface area (Å²) in [7, 11) is 0. The summed E-state index contributed by atoms with van der Waals surface area (Å²) >= 11 is 0. The van der Waals surface area contributed by atoms with Crippen molar-refractivity contribution in [3.63, 3.8) is 0 Å². The van der Waals surface area contributed by atoms with Gasteiger partial charge in [0, 0.05) is 22.6 Å². The van der Waals surface area contributed by atoms with Crippen LogP contribution in [0.2, 0.25) is 0 Å². The SMILES string of the molecule is O=C(N[C@H]1CC[C@H](CCN2CCC(c3coc4ccccc34)CC2)CC1)c1ccccc1. The highest BCUT2D eigenvalue weighted by Gasteiger charge is 2.26. The van der Waals surface area contributed by atoms with Gasteiger partial charge in [0.25, 0.3) is 5.91 Å². The summed E-state index contributed by atoms with van der Waals surface area (Å²) in [6.07, 6.45) is 10.4. The number of amides is 1. The zero-order valence-electron chi connectivity index (χ0n) is 18.8. The van der Waals surface area contributed by atoms with E-state index in [0.717, 1.165) is 29.9 Å². The Balaban J connectivity index is 1.03. The molecule has 1 saturated carbocycles. The Bertz CT molecular complexity index is 1010. The molecule has 0 bridgehead atoms. The molecule has 168 valence electrons. The molecule has 1 aromatic heterocycles. The molecular weight excluding hydrogens is 396 g/mol. The van der Waals surface area contributed by atoms with Gasteiger partial charge in [0.1, 0.15) is 5.58 Å². The molecule has 2 aliphatic rings. The normalized spacial score (nSPS) is 22.8. The summed E-state index contributed by atoms with van der Waals surface area (Å²) in [5, 5.41) is 4.53. The van der Waals surface area contributed by atoms with Crippen molar-refractivity contribution in [2.45, 2.75) is 56.9 Å². The van der Waals surface area contributed by atoms with Gasteiger partial charge in [-0.15, -0.1) is 0 Å². The smallest absolute Gasteiger partial charge is 0.251 e. The number of nitrogens with one attached hydrogen (secondary N) is 1. The topological polar surface area (TPSA) is 45.5 Å². The van der Waals surface area contributed by atoms with E-state index in [-0.39, 0.29) is 5.91 Å². The molecule has 0 unspecified atom stereocenters. The first-order valence-corrected chi connectivity index (χ1v) is 12.3. The van der Waals surface area contributed by atoms with Crippen molar-refractivity contribution in [2.75, 3.05) is 19.6 Å². The first-order valence-electron chi connectivity index (χ1n) is 12.3. The molecule has 1 N–H and O–H groups in total. The minimum absolute atomic E-state index is 0.0716. The largest absolute Gasteiger partial charge is 0.464 e. The number of carbonyl (C=O) groups excluding carboxylic acids is 1. The molecule has 4 heteroatoms. The maximum atomic E-state index is 12.4. The third-order valence-electron chi connectivity index (χ3n) is 7.61. The summed E-state index contributed by atoms with van der Waals surface area (Å²) in [5.74, 6) is 1.50. The van der Waals surface area contributed by atoms with Gasteiger partial charge in [-0.25, -0.2) is 0 Å². The van der Waals surface area contributed by atoms with Crippen LogP contribution in [0.3, 0.4) is 0 Å². The standard InChI is InChI=1S/C28H34N2O2/c31-28(23-6-2-1-3-7-23)29-24-12-10-21(11-13-24)14-17-30-18-15-22(16-19-30)26-20-32-27-9-5-4-8-25(26)27/h1-9,20-22,24H,10-19H2,(H,29,31)/t21-,24-. The number of benzene rings is 2. The molecule has 0 spiro atoms. The molecule has 1 amide bonds. The Morgan fingerprint density at radius 2 is 1.62 bits per heavy atom. The molecule has 32 heavy (non-hydrogen) atoms. The van der Waals surface area contributed by atoms with Crippen LogP contribution in [0.15, 0.2) is 65.3 Å². The fraction of sp³-hybridized carbons (Fsp3) is 0.464. The first kappa shape index (κ1) is 21.3. The van der Waals surface area contributed by atoms with Crippen LogP contribution in [-0.2, 0) is 0 Å². The minimum atomic E-state index is 0.0716. The van der Waals surface area contributed by atoms with E-state index in [1.165, 1.54) is 62.7 Å². The number of furan rings is 1. The van der Waals surface area contributed by atoms with Gasteiger partial charge in [-0.05, 0) is 94.6 Å². The minimum Gasteiger partial charge on any atom is -0.464 e. The Labute approximate surface area is 191 Å². The number of piperidine rings is 1. The highest BCUT2D eigenvalue weighted by Crippen LogP contribution is 2.35. The van der Waals surface area contributed by atoms with Gasteiger partial charge >= 0.3 is 0 Å². The van der Waals surface area contributed by atoms with Crippen LogP contribution in [0.25, 0.3) is 11.0 Å². The molecule has 4 nitrogen and oxygen atoms in total. The second-order valence-electron chi connectivity index (χ2n) is 9.65. The highest BCUT2D eigenvalue weighted by molar-refractivity contribution is 5.94. The van der Waals surface area contributed by atoms with Crippen molar-refractivity contribution in [2.24, 2.45) is 5.92 Å². The van der Waals surface area contributed by atoms with Crippen molar-refractivity contribution >= 4 is 16.9 Å². The molecule has 2 aromatic carbocycles. The molecule has 0 radical (unpaired) electrons. The van der Waals surface area contributed by atoms with E-state index in [1.54, 1.807) is 0 Å². The summed E-state index contributed by atoms with van der Waals surface area (Å²) in [5.41, 5.74) is 3.18. The maximum Gasteiger partial charge on any atom is 0.251 e. The number of nitrogens with zero attached hydrogens (tertiary/aromatic N) is 1. The molecule has 1 saturated heterocycles. The van der Waals surface area contributed by atoms with Gasteiger partial charge in [-0.3, -0.25) is 4.79 Å². The van der Waals surface area contributed by atoms with E-state index in [0.29, 0.717) is 12.0 Å². The van der Waals surface area contributed by atoms with Gasteiger partial charge in [0.15, 0.2) is 0 Å². The third kappa shape index (κ3) is 4.91. The quantitative estimate of drug-likeness (QED) is 0.522. The number of rotatable bonds is 6. The molecule has 0 atom stereocenters. The predicted octanol–water partition coefficient (Wildman–Crippen LogP) is 5.99. The lowest BCUT2D eigenvalue weighted by Crippen LogP contribution is -2.38. The average molecular weight is 431 g/mol. The van der Waals surface area contributed by atoms with Gasteiger partial charge in [-0.2, -0.15) is 0 Å². The van der Waals surface area contributed by atoms with Crippen molar-refractivity contribution in [1.82, 2.24) is 10.2 Å². The van der Waals surface area contributed by atoms with Gasteiger partial charge in [-0.1, -0.05) is 36.4 Å². The Hall–Kier alpha value is -2.59. The molecular formula is C28H34N2O2. The summed E-state index contributed by atoms with van der Waals surface area (Å²) in [4.78, 5) is 15.0. The Morgan fingerprint density at radius 3 is 2.41 bits per heavy atom. The lowest BCUT2D eigenvalue weighted by molar-refractivity contribution is 0.0919. The zero-order valence-corrected chi connectivity index (χ0v) is 18.8. The van der Waals surface area contributed by atoms with E-state index < -0.39 is 0 Å². The predicted molar refractivity (Wildman–Crippen MR) is 129 cm³/mol. The molecule has 1 aliphatic heterocycles. The molecule has 3 aromatic rings. The van der Waals surface area contributed by atoms with Crippen LogP contribution in [0.4, 0.5) is 0 Å². The van der Waals surface area contributed by atoms with E-state index in [2.05, 4.69) is 28.4 Å². The second kappa shape index (κ2) is 9.91. The van der Waals surface area contributed by atoms with Crippen molar-refractivity contribution in [3.05, 3.63) is 72.0 Å². The highest BCUT2D eigenvalue weighted by atomic mass is 16.3. The Morgan fingerprint density at radius 1 is 0.906 bits per heavy atom. The number of para-hydroxylation sites is 1. The molecule has 2 heterocycles.